The van der Waals surface area contributed by atoms with Crippen LogP contribution in [0.15, 0.2) is 24.3 Å². The number of allylic oxidation sites excluding steroid dienone is 2. The molecule has 46 valence electrons. The fourth-order valence-electron chi connectivity index (χ4n) is 1.17. The monoisotopic (exact) mass is 121 g/mol. The SMILES string of the molecule is C1=CC2NC=[NH+]C2C=C1. The molecule has 1 heterocycles. The van der Waals surface area contributed by atoms with Crippen LogP contribution in [0, 0.1) is 0 Å². The third-order valence-electron chi connectivity index (χ3n) is 1.69. The predicted molar refractivity (Wildman–Crippen MR) is 36.0 cm³/mol. The highest BCUT2D eigenvalue weighted by Gasteiger charge is 2.25. The summed E-state index contributed by atoms with van der Waals surface area (Å²) in [6, 6.07) is 0.963. The lowest BCUT2D eigenvalue weighted by Gasteiger charge is -2.06. The lowest BCUT2D eigenvalue weighted by molar-refractivity contribution is -0.475. The third-order valence-corrected chi connectivity index (χ3v) is 1.69. The molecule has 1 aliphatic carbocycles. The Kier molecular flexibility index (Phi) is 0.918. The first kappa shape index (κ1) is 4.79. The molecule has 2 heteroatoms. The topological polar surface area (TPSA) is 26.0 Å². The van der Waals surface area contributed by atoms with Gasteiger partial charge >= 0.3 is 0 Å². The second-order valence-electron chi connectivity index (χ2n) is 2.30. The Morgan fingerprint density at radius 3 is 3.00 bits per heavy atom. The van der Waals surface area contributed by atoms with Gasteiger partial charge in [-0.3, -0.25) is 10.3 Å². The van der Waals surface area contributed by atoms with Crippen molar-refractivity contribution in [3.8, 4) is 0 Å². The Morgan fingerprint density at radius 1 is 1.22 bits per heavy atom. The van der Waals surface area contributed by atoms with Gasteiger partial charge in [0.25, 0.3) is 0 Å². The van der Waals surface area contributed by atoms with E-state index in [4.69, 9.17) is 0 Å². The Morgan fingerprint density at radius 2 is 2.11 bits per heavy atom. The van der Waals surface area contributed by atoms with Crippen LogP contribution in [0.4, 0.5) is 0 Å². The highest BCUT2D eigenvalue weighted by atomic mass is 15.1. The van der Waals surface area contributed by atoms with Crippen LogP contribution in [-0.4, -0.2) is 18.4 Å². The van der Waals surface area contributed by atoms with Gasteiger partial charge in [0.05, 0.1) is 0 Å². The Labute approximate surface area is 54.0 Å². The van der Waals surface area contributed by atoms with Crippen LogP contribution in [0.3, 0.4) is 0 Å². The summed E-state index contributed by atoms with van der Waals surface area (Å²) in [6.45, 7) is 0. The molecule has 2 N–H and O–H groups in total. The maximum Gasteiger partial charge on any atom is 0.231 e. The summed E-state index contributed by atoms with van der Waals surface area (Å²) in [6.07, 6.45) is 10.3. The zero-order valence-corrected chi connectivity index (χ0v) is 5.04. The molecular formula is C7H9N2+. The quantitative estimate of drug-likeness (QED) is 0.403. The van der Waals surface area contributed by atoms with Crippen molar-refractivity contribution < 1.29 is 4.99 Å². The molecule has 0 saturated carbocycles. The van der Waals surface area contributed by atoms with Crippen molar-refractivity contribution in [3.05, 3.63) is 24.3 Å². The average molecular weight is 121 g/mol. The second-order valence-corrected chi connectivity index (χ2v) is 2.30. The largest absolute Gasteiger partial charge is 0.270 e. The summed E-state index contributed by atoms with van der Waals surface area (Å²) in [4.78, 5) is 3.18. The fraction of sp³-hybridized carbons (Fsp3) is 0.286. The van der Waals surface area contributed by atoms with Gasteiger partial charge in [0.15, 0.2) is 12.1 Å². The van der Waals surface area contributed by atoms with Crippen molar-refractivity contribution in [2.45, 2.75) is 12.1 Å². The smallest absolute Gasteiger partial charge is 0.231 e. The standard InChI is InChI=1S/C7H8N2/c1-2-4-7-6(3-1)8-5-9-7/h1-7H,(H,8,9)/p+1. The first-order valence-electron chi connectivity index (χ1n) is 3.15. The summed E-state index contributed by atoms with van der Waals surface area (Å²) < 4.78 is 0. The van der Waals surface area contributed by atoms with Crippen molar-refractivity contribution >= 4 is 6.34 Å². The van der Waals surface area contributed by atoms with Gasteiger partial charge in [0, 0.05) is 0 Å². The zero-order valence-electron chi connectivity index (χ0n) is 5.04. The zero-order chi connectivity index (χ0) is 6.10. The molecule has 0 aromatic carbocycles. The van der Waals surface area contributed by atoms with E-state index in [1.807, 2.05) is 6.34 Å². The number of nitrogens with one attached hydrogen (secondary N) is 2. The van der Waals surface area contributed by atoms with Gasteiger partial charge in [0.2, 0.25) is 6.34 Å². The molecule has 2 aliphatic rings. The fourth-order valence-corrected chi connectivity index (χ4v) is 1.17. The molecule has 0 bridgehead atoms. The molecule has 2 rings (SSSR count). The molecular weight excluding hydrogens is 112 g/mol. The molecule has 2 nitrogen and oxygen atoms in total. The molecule has 0 radical (unpaired) electrons. The van der Waals surface area contributed by atoms with Crippen molar-refractivity contribution in [3.63, 3.8) is 0 Å². The van der Waals surface area contributed by atoms with E-state index in [0.717, 1.165) is 0 Å². The summed E-state index contributed by atoms with van der Waals surface area (Å²) >= 11 is 0. The minimum Gasteiger partial charge on any atom is -0.270 e. The van der Waals surface area contributed by atoms with Gasteiger partial charge in [-0.25, -0.2) is 0 Å². The molecule has 2 atom stereocenters. The summed E-state index contributed by atoms with van der Waals surface area (Å²) in [5.41, 5.74) is 0. The highest BCUT2D eigenvalue weighted by molar-refractivity contribution is 5.51. The van der Waals surface area contributed by atoms with Crippen LogP contribution in [0.25, 0.3) is 0 Å². The van der Waals surface area contributed by atoms with Gasteiger partial charge in [-0.15, -0.1) is 0 Å². The van der Waals surface area contributed by atoms with Crippen molar-refractivity contribution in [1.29, 1.82) is 0 Å². The maximum absolute atomic E-state index is 3.18. The van der Waals surface area contributed by atoms with Crippen LogP contribution in [0.1, 0.15) is 0 Å². The predicted octanol–water partition coefficient (Wildman–Crippen LogP) is -1.44. The number of hydrogen-bond acceptors (Lipinski definition) is 1. The van der Waals surface area contributed by atoms with Crippen molar-refractivity contribution in [1.82, 2.24) is 5.32 Å². The van der Waals surface area contributed by atoms with Gasteiger partial charge in [0.1, 0.15) is 0 Å². The second kappa shape index (κ2) is 1.72. The molecule has 0 aromatic heterocycles. The summed E-state index contributed by atoms with van der Waals surface area (Å²) in [7, 11) is 0. The lowest BCUT2D eigenvalue weighted by atomic mass is 10.1. The third kappa shape index (κ3) is 0.669. The van der Waals surface area contributed by atoms with E-state index in [1.165, 1.54) is 0 Å². The van der Waals surface area contributed by atoms with E-state index < -0.39 is 0 Å². The molecule has 0 amide bonds. The normalized spacial score (nSPS) is 36.4. The van der Waals surface area contributed by atoms with E-state index >= 15 is 0 Å². The average Bonchev–Trinajstić information content (AvgIpc) is 2.33. The molecule has 1 aliphatic heterocycles. The summed E-state index contributed by atoms with van der Waals surface area (Å²) in [5, 5.41) is 3.18. The van der Waals surface area contributed by atoms with Crippen LogP contribution in [0.2, 0.25) is 0 Å². The maximum atomic E-state index is 3.18. The lowest BCUT2D eigenvalue weighted by Crippen LogP contribution is -2.74. The summed E-state index contributed by atoms with van der Waals surface area (Å²) in [5.74, 6) is 0. The molecule has 0 saturated heterocycles. The van der Waals surface area contributed by atoms with E-state index in [9.17, 15) is 0 Å². The first-order chi connectivity index (χ1) is 4.47. The molecule has 0 spiro atoms. The van der Waals surface area contributed by atoms with E-state index in [0.29, 0.717) is 12.1 Å². The number of rotatable bonds is 0. The van der Waals surface area contributed by atoms with Gasteiger partial charge < -0.3 is 0 Å². The van der Waals surface area contributed by atoms with Gasteiger partial charge in [-0.05, 0) is 12.2 Å². The van der Waals surface area contributed by atoms with Crippen LogP contribution < -0.4 is 10.3 Å². The molecule has 0 aromatic rings. The van der Waals surface area contributed by atoms with Crippen LogP contribution >= 0.6 is 0 Å². The van der Waals surface area contributed by atoms with Crippen molar-refractivity contribution in [2.75, 3.05) is 0 Å². The Balaban J connectivity index is 2.25. The van der Waals surface area contributed by atoms with Crippen LogP contribution in [0.5, 0.6) is 0 Å². The molecule has 2 unspecified atom stereocenters. The first-order valence-corrected chi connectivity index (χ1v) is 3.15. The number of hydrogen-bond donors (Lipinski definition) is 2. The van der Waals surface area contributed by atoms with E-state index in [-0.39, 0.29) is 0 Å². The molecule has 0 fully saturated rings. The Hall–Kier alpha value is -1.05. The van der Waals surface area contributed by atoms with E-state index in [1.54, 1.807) is 0 Å². The van der Waals surface area contributed by atoms with E-state index in [2.05, 4.69) is 34.6 Å². The minimum atomic E-state index is 0.481. The minimum absolute atomic E-state index is 0.481. The van der Waals surface area contributed by atoms with Crippen molar-refractivity contribution in [2.24, 2.45) is 0 Å². The Bertz CT molecular complexity index is 191. The molecule has 9 heavy (non-hydrogen) atoms. The highest BCUT2D eigenvalue weighted by Crippen LogP contribution is 2.00. The van der Waals surface area contributed by atoms with Gasteiger partial charge in [-0.2, -0.15) is 0 Å². The van der Waals surface area contributed by atoms with Gasteiger partial charge in [-0.1, -0.05) is 12.2 Å². The van der Waals surface area contributed by atoms with Crippen LogP contribution in [-0.2, 0) is 0 Å². The number of fused-ring (bicyclic) bond motifs is 1.